The van der Waals surface area contributed by atoms with Gasteiger partial charge >= 0.3 is 0 Å². The standard InChI is InChI=1S/C10H20/c1-8(2)10-7-5-4-6-9(10)3/h8-10H,4-7H2,1-3H3/t9-,10+/m1/s1. The van der Waals surface area contributed by atoms with Gasteiger partial charge in [-0.05, 0) is 24.2 Å². The Kier molecular flexibility index (Phi) is 2.76. The average Bonchev–Trinajstić information content (AvgIpc) is 1.88. The molecule has 0 unspecified atom stereocenters. The van der Waals surface area contributed by atoms with E-state index in [0.29, 0.717) is 0 Å². The zero-order chi connectivity index (χ0) is 7.56. The Hall–Kier alpha value is 0. The molecule has 0 nitrogen and oxygen atoms in total. The monoisotopic (exact) mass is 140 g/mol. The molecule has 0 N–H and O–H groups in total. The molecule has 0 aliphatic heterocycles. The lowest BCUT2D eigenvalue weighted by Crippen LogP contribution is -2.21. The van der Waals surface area contributed by atoms with Crippen LogP contribution in [0.3, 0.4) is 0 Å². The van der Waals surface area contributed by atoms with E-state index in [4.69, 9.17) is 0 Å². The fraction of sp³-hybridized carbons (Fsp3) is 1.00. The highest BCUT2D eigenvalue weighted by Crippen LogP contribution is 2.34. The van der Waals surface area contributed by atoms with E-state index in [2.05, 4.69) is 20.8 Å². The highest BCUT2D eigenvalue weighted by atomic mass is 14.3. The van der Waals surface area contributed by atoms with E-state index in [1.165, 1.54) is 25.7 Å². The molecule has 1 aliphatic carbocycles. The molecule has 0 heterocycles. The van der Waals surface area contributed by atoms with Gasteiger partial charge < -0.3 is 0 Å². The van der Waals surface area contributed by atoms with Crippen LogP contribution < -0.4 is 0 Å². The van der Waals surface area contributed by atoms with Gasteiger partial charge in [0.05, 0.1) is 0 Å². The summed E-state index contributed by atoms with van der Waals surface area (Å²) in [6.07, 6.45) is 5.92. The first-order valence-corrected chi connectivity index (χ1v) is 4.72. The lowest BCUT2D eigenvalue weighted by molar-refractivity contribution is 0.196. The van der Waals surface area contributed by atoms with Crippen molar-refractivity contribution in [1.29, 1.82) is 0 Å². The lowest BCUT2D eigenvalue weighted by atomic mass is 9.75. The molecule has 1 fully saturated rings. The molecule has 0 saturated heterocycles. The van der Waals surface area contributed by atoms with Crippen LogP contribution in [0.4, 0.5) is 0 Å². The van der Waals surface area contributed by atoms with Crippen molar-refractivity contribution < 1.29 is 0 Å². The summed E-state index contributed by atoms with van der Waals surface area (Å²) in [5.74, 6) is 2.93. The molecule has 10 heavy (non-hydrogen) atoms. The lowest BCUT2D eigenvalue weighted by Gasteiger charge is -2.31. The van der Waals surface area contributed by atoms with Gasteiger partial charge in [0.15, 0.2) is 0 Å². The van der Waals surface area contributed by atoms with Gasteiger partial charge in [-0.2, -0.15) is 0 Å². The van der Waals surface area contributed by atoms with Crippen molar-refractivity contribution in [2.45, 2.75) is 46.5 Å². The zero-order valence-electron chi connectivity index (χ0n) is 7.56. The van der Waals surface area contributed by atoms with Crippen LogP contribution in [-0.4, -0.2) is 0 Å². The Labute approximate surface area is 65.0 Å². The van der Waals surface area contributed by atoms with E-state index >= 15 is 0 Å². The molecule has 0 heteroatoms. The van der Waals surface area contributed by atoms with Gasteiger partial charge in [0.25, 0.3) is 0 Å². The second-order valence-corrected chi connectivity index (χ2v) is 4.17. The van der Waals surface area contributed by atoms with Crippen molar-refractivity contribution in [3.8, 4) is 0 Å². The van der Waals surface area contributed by atoms with Crippen molar-refractivity contribution in [3.05, 3.63) is 0 Å². The zero-order valence-corrected chi connectivity index (χ0v) is 7.56. The van der Waals surface area contributed by atoms with Gasteiger partial charge in [-0.3, -0.25) is 0 Å². The Bertz CT molecular complexity index is 94.2. The minimum Gasteiger partial charge on any atom is -0.0625 e. The van der Waals surface area contributed by atoms with Gasteiger partial charge in [-0.1, -0.05) is 40.0 Å². The molecule has 0 radical (unpaired) electrons. The molecular formula is C10H20. The SMILES string of the molecule is CC(C)[C@@H]1CCCC[C@H]1C. The number of hydrogen-bond acceptors (Lipinski definition) is 0. The molecule has 0 aromatic rings. The van der Waals surface area contributed by atoms with Gasteiger partial charge in [-0.25, -0.2) is 0 Å². The van der Waals surface area contributed by atoms with Gasteiger partial charge in [-0.15, -0.1) is 0 Å². The molecule has 0 aromatic heterocycles. The van der Waals surface area contributed by atoms with Gasteiger partial charge in [0.1, 0.15) is 0 Å². The molecule has 1 saturated carbocycles. The molecule has 0 spiro atoms. The fourth-order valence-electron chi connectivity index (χ4n) is 2.34. The normalized spacial score (nSPS) is 34.8. The molecular weight excluding hydrogens is 120 g/mol. The summed E-state index contributed by atoms with van der Waals surface area (Å²) in [7, 11) is 0. The summed E-state index contributed by atoms with van der Waals surface area (Å²) in [5, 5.41) is 0. The van der Waals surface area contributed by atoms with E-state index in [1.807, 2.05) is 0 Å². The molecule has 0 bridgehead atoms. The Morgan fingerprint density at radius 3 is 2.10 bits per heavy atom. The molecule has 1 aliphatic rings. The highest BCUT2D eigenvalue weighted by molar-refractivity contribution is 4.74. The smallest absolute Gasteiger partial charge is 0.0365 e. The van der Waals surface area contributed by atoms with Crippen LogP contribution in [0.25, 0.3) is 0 Å². The maximum atomic E-state index is 2.42. The second kappa shape index (κ2) is 3.41. The summed E-state index contributed by atoms with van der Waals surface area (Å²) >= 11 is 0. The summed E-state index contributed by atoms with van der Waals surface area (Å²) in [6.45, 7) is 7.16. The van der Waals surface area contributed by atoms with Crippen LogP contribution in [0.5, 0.6) is 0 Å². The third-order valence-corrected chi connectivity index (χ3v) is 3.03. The van der Waals surface area contributed by atoms with Crippen molar-refractivity contribution in [2.24, 2.45) is 17.8 Å². The third kappa shape index (κ3) is 1.74. The first-order valence-electron chi connectivity index (χ1n) is 4.72. The Balaban J connectivity index is 2.40. The quantitative estimate of drug-likeness (QED) is 0.523. The summed E-state index contributed by atoms with van der Waals surface area (Å²) < 4.78 is 0. The summed E-state index contributed by atoms with van der Waals surface area (Å²) in [5.41, 5.74) is 0. The first-order chi connectivity index (χ1) is 4.72. The van der Waals surface area contributed by atoms with Crippen molar-refractivity contribution in [3.63, 3.8) is 0 Å². The van der Waals surface area contributed by atoms with Crippen molar-refractivity contribution in [1.82, 2.24) is 0 Å². The number of hydrogen-bond donors (Lipinski definition) is 0. The molecule has 60 valence electrons. The second-order valence-electron chi connectivity index (χ2n) is 4.17. The largest absolute Gasteiger partial charge is 0.0625 e. The first kappa shape index (κ1) is 8.10. The maximum absolute atomic E-state index is 2.42. The van der Waals surface area contributed by atoms with Gasteiger partial charge in [0, 0.05) is 0 Å². The average molecular weight is 140 g/mol. The molecule has 0 amide bonds. The van der Waals surface area contributed by atoms with Crippen molar-refractivity contribution in [2.75, 3.05) is 0 Å². The predicted octanol–water partition coefficient (Wildman–Crippen LogP) is 3.47. The van der Waals surface area contributed by atoms with E-state index < -0.39 is 0 Å². The Morgan fingerprint density at radius 2 is 1.70 bits per heavy atom. The molecule has 1 rings (SSSR count). The van der Waals surface area contributed by atoms with Gasteiger partial charge in [0.2, 0.25) is 0 Å². The van der Waals surface area contributed by atoms with Crippen LogP contribution in [-0.2, 0) is 0 Å². The van der Waals surface area contributed by atoms with Crippen molar-refractivity contribution >= 4 is 0 Å². The molecule has 2 atom stereocenters. The van der Waals surface area contributed by atoms with E-state index in [-0.39, 0.29) is 0 Å². The van der Waals surface area contributed by atoms with Crippen LogP contribution in [0.1, 0.15) is 46.5 Å². The van der Waals surface area contributed by atoms with Crippen LogP contribution in [0, 0.1) is 17.8 Å². The van der Waals surface area contributed by atoms with Crippen LogP contribution in [0.2, 0.25) is 0 Å². The predicted molar refractivity (Wildman–Crippen MR) is 46.0 cm³/mol. The topological polar surface area (TPSA) is 0 Å². The minimum atomic E-state index is 0.912. The van der Waals surface area contributed by atoms with E-state index in [0.717, 1.165) is 17.8 Å². The van der Waals surface area contributed by atoms with E-state index in [1.54, 1.807) is 0 Å². The van der Waals surface area contributed by atoms with Crippen LogP contribution >= 0.6 is 0 Å². The fourth-order valence-corrected chi connectivity index (χ4v) is 2.34. The molecule has 0 aromatic carbocycles. The summed E-state index contributed by atoms with van der Waals surface area (Å²) in [4.78, 5) is 0. The highest BCUT2D eigenvalue weighted by Gasteiger charge is 2.23. The third-order valence-electron chi connectivity index (χ3n) is 3.03. The van der Waals surface area contributed by atoms with E-state index in [9.17, 15) is 0 Å². The maximum Gasteiger partial charge on any atom is -0.0365 e. The minimum absolute atomic E-state index is 0.912. The Morgan fingerprint density at radius 1 is 1.10 bits per heavy atom. The summed E-state index contributed by atoms with van der Waals surface area (Å²) in [6, 6.07) is 0. The van der Waals surface area contributed by atoms with Crippen LogP contribution in [0.15, 0.2) is 0 Å². The number of rotatable bonds is 1.